The number of hydrogen-bond donors (Lipinski definition) is 1. The average Bonchev–Trinajstić information content (AvgIpc) is 2.72. The fourth-order valence-electron chi connectivity index (χ4n) is 3.78. The van der Waals surface area contributed by atoms with Crippen LogP contribution in [0.4, 0.5) is 4.39 Å². The highest BCUT2D eigenvalue weighted by atomic mass is 32.2. The van der Waals surface area contributed by atoms with Gasteiger partial charge in [0.25, 0.3) is 5.91 Å². The molecular weight excluding hydrogens is 359 g/mol. The van der Waals surface area contributed by atoms with Crippen LogP contribution in [0.1, 0.15) is 37.2 Å². The molecule has 1 N–H and O–H groups in total. The van der Waals surface area contributed by atoms with Gasteiger partial charge in [-0.2, -0.15) is 5.26 Å². The number of nitrogens with one attached hydrogen (secondary N) is 1. The molecule has 1 amide bonds. The molecule has 0 aliphatic heterocycles. The first-order valence-electron chi connectivity index (χ1n) is 9.15. The summed E-state index contributed by atoms with van der Waals surface area (Å²) in [6, 6.07) is 18.6. The first-order chi connectivity index (χ1) is 13.1. The number of carbonyl (C=O) groups is 1. The molecule has 27 heavy (non-hydrogen) atoms. The lowest BCUT2D eigenvalue weighted by Crippen LogP contribution is -2.45. The van der Waals surface area contributed by atoms with Gasteiger partial charge >= 0.3 is 0 Å². The molecule has 0 atom stereocenters. The molecule has 0 spiro atoms. The van der Waals surface area contributed by atoms with Gasteiger partial charge in [0.05, 0.1) is 6.07 Å². The molecule has 2 aromatic rings. The van der Waals surface area contributed by atoms with Crippen molar-refractivity contribution in [3.05, 3.63) is 54.1 Å². The molecule has 1 saturated carbocycles. The van der Waals surface area contributed by atoms with Gasteiger partial charge in [-0.3, -0.25) is 4.79 Å². The van der Waals surface area contributed by atoms with Crippen LogP contribution in [0.5, 0.6) is 0 Å². The van der Waals surface area contributed by atoms with E-state index in [1.54, 1.807) is 11.8 Å². The number of carbonyl (C=O) groups excluding carboxylic acids is 1. The minimum Gasteiger partial charge on any atom is -0.340 e. The van der Waals surface area contributed by atoms with Crippen LogP contribution in [-0.2, 0) is 4.79 Å². The van der Waals surface area contributed by atoms with E-state index in [-0.39, 0.29) is 25.3 Å². The predicted octanol–water partition coefficient (Wildman–Crippen LogP) is 5.08. The highest BCUT2D eigenvalue weighted by molar-refractivity contribution is 7.98. The molecule has 0 unspecified atom stereocenters. The molecule has 0 saturated heterocycles. The van der Waals surface area contributed by atoms with Crippen molar-refractivity contribution in [2.75, 3.05) is 12.8 Å². The molecular formula is C22H23FN2OS. The van der Waals surface area contributed by atoms with Gasteiger partial charge < -0.3 is 5.32 Å². The monoisotopic (exact) mass is 382 g/mol. The van der Waals surface area contributed by atoms with E-state index >= 15 is 0 Å². The first-order valence-corrected chi connectivity index (χ1v) is 10.4. The Morgan fingerprint density at radius 3 is 2.52 bits per heavy atom. The third-order valence-corrected chi connectivity index (χ3v) is 6.06. The van der Waals surface area contributed by atoms with E-state index in [9.17, 15) is 9.18 Å². The van der Waals surface area contributed by atoms with Crippen LogP contribution < -0.4 is 5.32 Å². The zero-order valence-electron chi connectivity index (χ0n) is 15.4. The standard InChI is InChI=1S/C22H23FN2OS/c1-27-18-8-6-16(7-9-18)19-4-2-3-5-20(19)17-10-12-22(23,13-11-17)21(26)25-15-14-24/h2-9,17H,10-13,15H2,1H3,(H,25,26). The molecule has 0 bridgehead atoms. The van der Waals surface area contributed by atoms with Crippen LogP contribution in [0.15, 0.2) is 53.4 Å². The van der Waals surface area contributed by atoms with E-state index in [1.165, 1.54) is 16.0 Å². The van der Waals surface area contributed by atoms with Crippen LogP contribution >= 0.6 is 11.8 Å². The maximum Gasteiger partial charge on any atom is 0.258 e. The average molecular weight is 383 g/mol. The largest absolute Gasteiger partial charge is 0.340 e. The van der Waals surface area contributed by atoms with Crippen molar-refractivity contribution in [1.82, 2.24) is 5.32 Å². The fraction of sp³-hybridized carbons (Fsp3) is 0.364. The van der Waals surface area contributed by atoms with Crippen molar-refractivity contribution in [2.45, 2.75) is 42.2 Å². The number of nitrogens with zero attached hydrogens (tertiary/aromatic N) is 1. The summed E-state index contributed by atoms with van der Waals surface area (Å²) >= 11 is 1.71. The van der Waals surface area contributed by atoms with Gasteiger partial charge in [0.1, 0.15) is 6.54 Å². The molecule has 3 rings (SSSR count). The lowest BCUT2D eigenvalue weighted by molar-refractivity contribution is -0.134. The van der Waals surface area contributed by atoms with E-state index in [0.29, 0.717) is 12.8 Å². The summed E-state index contributed by atoms with van der Waals surface area (Å²) in [4.78, 5) is 13.3. The summed E-state index contributed by atoms with van der Waals surface area (Å²) in [6.07, 6.45) is 3.68. The highest BCUT2D eigenvalue weighted by Crippen LogP contribution is 2.43. The quantitative estimate of drug-likeness (QED) is 0.579. The second-order valence-corrected chi connectivity index (χ2v) is 7.78. The van der Waals surface area contributed by atoms with Gasteiger partial charge in [0.2, 0.25) is 0 Å². The second kappa shape index (κ2) is 8.58. The highest BCUT2D eigenvalue weighted by Gasteiger charge is 2.42. The Morgan fingerprint density at radius 2 is 1.89 bits per heavy atom. The summed E-state index contributed by atoms with van der Waals surface area (Å²) in [7, 11) is 0. The fourth-order valence-corrected chi connectivity index (χ4v) is 4.19. The van der Waals surface area contributed by atoms with Gasteiger partial charge in [-0.25, -0.2) is 4.39 Å². The van der Waals surface area contributed by atoms with Gasteiger partial charge in [-0.1, -0.05) is 36.4 Å². The number of amides is 1. The van der Waals surface area contributed by atoms with Crippen LogP contribution in [0.3, 0.4) is 0 Å². The molecule has 2 aromatic carbocycles. The lowest BCUT2D eigenvalue weighted by atomic mass is 9.75. The van der Waals surface area contributed by atoms with Gasteiger partial charge in [0.15, 0.2) is 5.67 Å². The van der Waals surface area contributed by atoms with Gasteiger partial charge in [0, 0.05) is 4.90 Å². The summed E-state index contributed by atoms with van der Waals surface area (Å²) < 4.78 is 15.0. The SMILES string of the molecule is CSc1ccc(-c2ccccc2C2CCC(F)(C(=O)NCC#N)CC2)cc1. The summed E-state index contributed by atoms with van der Waals surface area (Å²) in [6.45, 7) is -0.150. The summed E-state index contributed by atoms with van der Waals surface area (Å²) in [5, 5.41) is 10.9. The van der Waals surface area contributed by atoms with Crippen LogP contribution in [0.25, 0.3) is 11.1 Å². The van der Waals surface area contributed by atoms with Crippen LogP contribution in [0.2, 0.25) is 0 Å². The molecule has 1 fully saturated rings. The van der Waals surface area contributed by atoms with Crippen molar-refractivity contribution in [3.8, 4) is 17.2 Å². The Bertz CT molecular complexity index is 836. The number of halogens is 1. The van der Waals surface area contributed by atoms with Crippen molar-refractivity contribution < 1.29 is 9.18 Å². The Morgan fingerprint density at radius 1 is 1.22 bits per heavy atom. The number of thioether (sulfide) groups is 1. The van der Waals surface area contributed by atoms with E-state index in [2.05, 4.69) is 48.0 Å². The summed E-state index contributed by atoms with van der Waals surface area (Å²) in [5.41, 5.74) is 1.69. The Hall–Kier alpha value is -2.32. The van der Waals surface area contributed by atoms with Crippen molar-refractivity contribution in [1.29, 1.82) is 5.26 Å². The molecule has 0 heterocycles. The number of hydrogen-bond acceptors (Lipinski definition) is 3. The van der Waals surface area contributed by atoms with Gasteiger partial charge in [-0.15, -0.1) is 11.8 Å². The van der Waals surface area contributed by atoms with E-state index in [4.69, 9.17) is 5.26 Å². The Balaban J connectivity index is 1.77. The Labute approximate surface area is 164 Å². The number of rotatable bonds is 5. The maximum absolute atomic E-state index is 15.0. The molecule has 0 radical (unpaired) electrons. The van der Waals surface area contributed by atoms with Crippen LogP contribution in [-0.4, -0.2) is 24.4 Å². The third kappa shape index (κ3) is 4.33. The minimum absolute atomic E-state index is 0.150. The third-order valence-electron chi connectivity index (χ3n) is 5.31. The normalized spacial score (nSPS) is 22.0. The Kier molecular flexibility index (Phi) is 6.18. The van der Waals surface area contributed by atoms with Gasteiger partial charge in [-0.05, 0) is 66.7 Å². The number of alkyl halides is 1. The number of nitriles is 1. The number of benzene rings is 2. The van der Waals surface area contributed by atoms with Crippen molar-refractivity contribution in [3.63, 3.8) is 0 Å². The summed E-state index contributed by atoms with van der Waals surface area (Å²) in [5.74, 6) is -0.419. The first kappa shape index (κ1) is 19.4. The molecule has 140 valence electrons. The lowest BCUT2D eigenvalue weighted by Gasteiger charge is -2.33. The predicted molar refractivity (Wildman–Crippen MR) is 107 cm³/mol. The minimum atomic E-state index is -1.86. The van der Waals surface area contributed by atoms with Crippen LogP contribution in [0, 0.1) is 11.3 Å². The maximum atomic E-state index is 15.0. The molecule has 5 heteroatoms. The second-order valence-electron chi connectivity index (χ2n) is 6.90. The van der Waals surface area contributed by atoms with Crippen molar-refractivity contribution >= 4 is 17.7 Å². The zero-order valence-corrected chi connectivity index (χ0v) is 16.2. The molecule has 0 aromatic heterocycles. The van der Waals surface area contributed by atoms with E-state index in [0.717, 1.165) is 5.56 Å². The molecule has 3 nitrogen and oxygen atoms in total. The molecule has 1 aliphatic carbocycles. The smallest absolute Gasteiger partial charge is 0.258 e. The van der Waals surface area contributed by atoms with E-state index in [1.807, 2.05) is 18.2 Å². The molecule has 1 aliphatic rings. The zero-order chi connectivity index (χ0) is 19.3. The topological polar surface area (TPSA) is 52.9 Å². The van der Waals surface area contributed by atoms with E-state index < -0.39 is 11.6 Å². The van der Waals surface area contributed by atoms with Crippen molar-refractivity contribution in [2.24, 2.45) is 0 Å².